The lowest BCUT2D eigenvalue weighted by Crippen LogP contribution is -2.29. The largest absolute Gasteiger partial charge is 0.465 e. The van der Waals surface area contributed by atoms with Gasteiger partial charge in [-0.2, -0.15) is 0 Å². The monoisotopic (exact) mass is 252 g/mol. The van der Waals surface area contributed by atoms with Crippen LogP contribution >= 0.6 is 0 Å². The van der Waals surface area contributed by atoms with Crippen molar-refractivity contribution in [3.8, 4) is 0 Å². The summed E-state index contributed by atoms with van der Waals surface area (Å²) in [6, 6.07) is 1.40. The molecule has 7 heteroatoms. The number of rotatable bonds is 4. The molecule has 18 heavy (non-hydrogen) atoms. The number of pyridine rings is 1. The van der Waals surface area contributed by atoms with E-state index in [2.05, 4.69) is 15.0 Å². The fourth-order valence-electron chi connectivity index (χ4n) is 1.22. The number of nitrogens with two attached hydrogens (primary N) is 1. The molecule has 1 aromatic heterocycles. The van der Waals surface area contributed by atoms with Crippen LogP contribution in [0.1, 0.15) is 10.4 Å². The van der Waals surface area contributed by atoms with Gasteiger partial charge in [-0.25, -0.2) is 9.78 Å². The van der Waals surface area contributed by atoms with Crippen molar-refractivity contribution in [3.05, 3.63) is 17.8 Å². The number of nitrogens with one attached hydrogen (secondary N) is 1. The zero-order valence-electron chi connectivity index (χ0n) is 10.6. The molecule has 1 heterocycles. The van der Waals surface area contributed by atoms with Crippen molar-refractivity contribution >= 4 is 23.4 Å². The first-order valence-corrected chi connectivity index (χ1v) is 5.23. The van der Waals surface area contributed by atoms with Crippen LogP contribution in [0.25, 0.3) is 0 Å². The summed E-state index contributed by atoms with van der Waals surface area (Å²) >= 11 is 0. The summed E-state index contributed by atoms with van der Waals surface area (Å²) in [6.07, 6.45) is 1.39. The molecule has 0 bridgehead atoms. The summed E-state index contributed by atoms with van der Waals surface area (Å²) in [5.41, 5.74) is 6.16. The standard InChI is InChI=1S/C11H16N4O3/c1-15(2)10(16)6-13-8-5-14-9(12)4-7(8)11(17)18-3/h4-5,13H,6H2,1-3H3,(H2,12,14). The molecule has 0 aliphatic heterocycles. The van der Waals surface area contributed by atoms with Gasteiger partial charge in [0, 0.05) is 14.1 Å². The van der Waals surface area contributed by atoms with Crippen LogP contribution in [-0.4, -0.2) is 49.5 Å². The van der Waals surface area contributed by atoms with Gasteiger partial charge in [0.15, 0.2) is 0 Å². The Morgan fingerprint density at radius 2 is 2.17 bits per heavy atom. The lowest BCUT2D eigenvalue weighted by atomic mass is 10.2. The van der Waals surface area contributed by atoms with E-state index in [1.54, 1.807) is 14.1 Å². The number of likely N-dealkylation sites (N-methyl/N-ethyl adjacent to an activating group) is 1. The molecule has 1 aromatic rings. The van der Waals surface area contributed by atoms with Crippen molar-refractivity contribution in [2.24, 2.45) is 0 Å². The second kappa shape index (κ2) is 5.85. The zero-order valence-corrected chi connectivity index (χ0v) is 10.6. The third kappa shape index (κ3) is 3.34. The smallest absolute Gasteiger partial charge is 0.340 e. The number of nitrogens with zero attached hydrogens (tertiary/aromatic N) is 2. The SMILES string of the molecule is COC(=O)c1cc(N)ncc1NCC(=O)N(C)C. The number of aromatic nitrogens is 1. The normalized spacial score (nSPS) is 9.72. The van der Waals surface area contributed by atoms with Crippen molar-refractivity contribution in [2.45, 2.75) is 0 Å². The van der Waals surface area contributed by atoms with Gasteiger partial charge in [0.2, 0.25) is 5.91 Å². The van der Waals surface area contributed by atoms with E-state index in [-0.39, 0.29) is 23.8 Å². The number of amides is 1. The van der Waals surface area contributed by atoms with Gasteiger partial charge in [-0.3, -0.25) is 4.79 Å². The minimum atomic E-state index is -0.538. The first kappa shape index (κ1) is 13.8. The van der Waals surface area contributed by atoms with E-state index >= 15 is 0 Å². The van der Waals surface area contributed by atoms with Gasteiger partial charge in [0.25, 0.3) is 0 Å². The average Bonchev–Trinajstić information content (AvgIpc) is 2.35. The van der Waals surface area contributed by atoms with E-state index in [9.17, 15) is 9.59 Å². The van der Waals surface area contributed by atoms with Gasteiger partial charge in [0.05, 0.1) is 31.1 Å². The molecule has 0 radical (unpaired) electrons. The molecular weight excluding hydrogens is 236 g/mol. The third-order valence-electron chi connectivity index (χ3n) is 2.26. The molecule has 0 aliphatic rings. The Hall–Kier alpha value is -2.31. The van der Waals surface area contributed by atoms with Crippen LogP contribution in [0.5, 0.6) is 0 Å². The first-order chi connectivity index (χ1) is 8.45. The van der Waals surface area contributed by atoms with Crippen molar-refractivity contribution in [3.63, 3.8) is 0 Å². The van der Waals surface area contributed by atoms with E-state index in [0.29, 0.717) is 5.69 Å². The number of hydrogen-bond acceptors (Lipinski definition) is 6. The van der Waals surface area contributed by atoms with Crippen LogP contribution in [0.2, 0.25) is 0 Å². The molecule has 0 spiro atoms. The topological polar surface area (TPSA) is 97.5 Å². The molecule has 0 unspecified atom stereocenters. The Morgan fingerprint density at radius 3 is 2.72 bits per heavy atom. The quantitative estimate of drug-likeness (QED) is 0.729. The molecule has 0 saturated heterocycles. The maximum absolute atomic E-state index is 11.5. The number of carbonyl (C=O) groups is 2. The number of anilines is 2. The number of hydrogen-bond donors (Lipinski definition) is 2. The van der Waals surface area contributed by atoms with Crippen LogP contribution < -0.4 is 11.1 Å². The van der Waals surface area contributed by atoms with Gasteiger partial charge < -0.3 is 20.7 Å². The number of nitrogen functional groups attached to an aromatic ring is 1. The number of esters is 1. The van der Waals surface area contributed by atoms with E-state index in [1.807, 2.05) is 0 Å². The predicted octanol–water partition coefficient (Wildman–Crippen LogP) is -0.0495. The number of carbonyl (C=O) groups excluding carboxylic acids is 2. The van der Waals surface area contributed by atoms with Gasteiger partial charge in [-0.15, -0.1) is 0 Å². The zero-order chi connectivity index (χ0) is 13.7. The Balaban J connectivity index is 2.88. The van der Waals surface area contributed by atoms with Crippen molar-refractivity contribution in [1.82, 2.24) is 9.88 Å². The molecular formula is C11H16N4O3. The Labute approximate surface area is 105 Å². The summed E-state index contributed by atoms with van der Waals surface area (Å²) in [7, 11) is 4.56. The van der Waals surface area contributed by atoms with Gasteiger partial charge >= 0.3 is 5.97 Å². The lowest BCUT2D eigenvalue weighted by molar-refractivity contribution is -0.126. The highest BCUT2D eigenvalue weighted by atomic mass is 16.5. The van der Waals surface area contributed by atoms with Crippen LogP contribution in [0.4, 0.5) is 11.5 Å². The maximum Gasteiger partial charge on any atom is 0.340 e. The Bertz CT molecular complexity index is 460. The Kier molecular flexibility index (Phi) is 4.47. The fourth-order valence-corrected chi connectivity index (χ4v) is 1.22. The number of methoxy groups -OCH3 is 1. The predicted molar refractivity (Wildman–Crippen MR) is 67.2 cm³/mol. The van der Waals surface area contributed by atoms with Crippen LogP contribution in [0.15, 0.2) is 12.3 Å². The van der Waals surface area contributed by atoms with E-state index in [1.165, 1.54) is 24.3 Å². The molecule has 1 rings (SSSR count). The molecule has 0 atom stereocenters. The minimum Gasteiger partial charge on any atom is -0.465 e. The van der Waals surface area contributed by atoms with Gasteiger partial charge in [-0.1, -0.05) is 0 Å². The average molecular weight is 252 g/mol. The van der Waals surface area contributed by atoms with Crippen LogP contribution in [0.3, 0.4) is 0 Å². The minimum absolute atomic E-state index is 0.0581. The number of ether oxygens (including phenoxy) is 1. The summed E-state index contributed by atoms with van der Waals surface area (Å²) in [5.74, 6) is -0.452. The molecule has 0 fully saturated rings. The fraction of sp³-hybridized carbons (Fsp3) is 0.364. The highest BCUT2D eigenvalue weighted by molar-refractivity contribution is 5.96. The maximum atomic E-state index is 11.5. The summed E-state index contributed by atoms with van der Waals surface area (Å²) in [6.45, 7) is 0.0581. The van der Waals surface area contributed by atoms with E-state index < -0.39 is 5.97 Å². The molecule has 0 aromatic carbocycles. The first-order valence-electron chi connectivity index (χ1n) is 5.23. The molecule has 3 N–H and O–H groups in total. The molecule has 7 nitrogen and oxygen atoms in total. The van der Waals surface area contributed by atoms with E-state index in [4.69, 9.17) is 5.73 Å². The summed E-state index contributed by atoms with van der Waals surface area (Å²) < 4.78 is 4.63. The van der Waals surface area contributed by atoms with Gasteiger partial charge in [0.1, 0.15) is 5.82 Å². The van der Waals surface area contributed by atoms with Crippen molar-refractivity contribution < 1.29 is 14.3 Å². The van der Waals surface area contributed by atoms with Gasteiger partial charge in [-0.05, 0) is 6.07 Å². The Morgan fingerprint density at radius 1 is 1.50 bits per heavy atom. The second-order valence-electron chi connectivity index (χ2n) is 3.79. The summed E-state index contributed by atoms with van der Waals surface area (Å²) in [4.78, 5) is 28.3. The van der Waals surface area contributed by atoms with E-state index in [0.717, 1.165) is 0 Å². The molecule has 98 valence electrons. The lowest BCUT2D eigenvalue weighted by Gasteiger charge is -2.13. The van der Waals surface area contributed by atoms with Crippen molar-refractivity contribution in [2.75, 3.05) is 38.8 Å². The second-order valence-corrected chi connectivity index (χ2v) is 3.79. The molecule has 0 aliphatic carbocycles. The highest BCUT2D eigenvalue weighted by Crippen LogP contribution is 2.17. The summed E-state index contributed by atoms with van der Waals surface area (Å²) in [5, 5.41) is 2.83. The van der Waals surface area contributed by atoms with Crippen LogP contribution in [0, 0.1) is 0 Å². The van der Waals surface area contributed by atoms with Crippen molar-refractivity contribution in [1.29, 1.82) is 0 Å². The highest BCUT2D eigenvalue weighted by Gasteiger charge is 2.14. The molecule has 1 amide bonds. The van der Waals surface area contributed by atoms with Crippen LogP contribution in [-0.2, 0) is 9.53 Å². The molecule has 0 saturated carbocycles. The third-order valence-corrected chi connectivity index (χ3v) is 2.26.